The molecular formula is C16H19N3O3. The average molecular weight is 301 g/mol. The Labute approximate surface area is 128 Å². The van der Waals surface area contributed by atoms with Gasteiger partial charge in [0.25, 0.3) is 0 Å². The number of aryl methyl sites for hydroxylation is 1. The van der Waals surface area contributed by atoms with E-state index in [1.165, 1.54) is 0 Å². The molecule has 116 valence electrons. The quantitative estimate of drug-likeness (QED) is 0.917. The van der Waals surface area contributed by atoms with E-state index in [4.69, 9.17) is 9.26 Å². The van der Waals surface area contributed by atoms with E-state index in [1.54, 1.807) is 14.0 Å². The number of hydrogen-bond donors (Lipinski definition) is 1. The number of carbonyl (C=O) groups is 1. The minimum atomic E-state index is -0.471. The van der Waals surface area contributed by atoms with Gasteiger partial charge in [0.15, 0.2) is 5.82 Å². The lowest BCUT2D eigenvalue weighted by molar-refractivity contribution is -0.127. The first-order valence-electron chi connectivity index (χ1n) is 7.42. The van der Waals surface area contributed by atoms with Gasteiger partial charge in [0.05, 0.1) is 7.11 Å². The third-order valence-electron chi connectivity index (χ3n) is 4.01. The number of nitrogens with zero attached hydrogens (tertiary/aromatic N) is 2. The summed E-state index contributed by atoms with van der Waals surface area (Å²) in [6.45, 7) is 1.73. The van der Waals surface area contributed by atoms with Crippen LogP contribution in [0.4, 0.5) is 0 Å². The van der Waals surface area contributed by atoms with Crippen LogP contribution in [0.25, 0.3) is 0 Å². The number of hydrogen-bond acceptors (Lipinski definition) is 5. The molecule has 0 aliphatic heterocycles. The van der Waals surface area contributed by atoms with E-state index in [-0.39, 0.29) is 11.8 Å². The van der Waals surface area contributed by atoms with Crippen LogP contribution < -0.4 is 10.1 Å². The summed E-state index contributed by atoms with van der Waals surface area (Å²) in [6, 6.07) is 7.06. The first kappa shape index (κ1) is 14.6. The molecule has 6 nitrogen and oxygen atoms in total. The van der Waals surface area contributed by atoms with Gasteiger partial charge in [-0.15, -0.1) is 0 Å². The molecule has 1 atom stereocenters. The van der Waals surface area contributed by atoms with Crippen LogP contribution in [-0.2, 0) is 4.79 Å². The van der Waals surface area contributed by atoms with Crippen molar-refractivity contribution in [1.29, 1.82) is 0 Å². The highest BCUT2D eigenvalue weighted by atomic mass is 16.5. The van der Waals surface area contributed by atoms with Crippen LogP contribution >= 0.6 is 0 Å². The van der Waals surface area contributed by atoms with Crippen molar-refractivity contribution in [3.8, 4) is 5.75 Å². The van der Waals surface area contributed by atoms with Gasteiger partial charge in [0.1, 0.15) is 11.8 Å². The largest absolute Gasteiger partial charge is 0.496 e. The predicted octanol–water partition coefficient (Wildman–Crippen LogP) is 2.39. The molecule has 1 aliphatic rings. The third kappa shape index (κ3) is 2.81. The topological polar surface area (TPSA) is 77.2 Å². The molecule has 6 heteroatoms. The number of carbonyl (C=O) groups excluding carboxylic acids is 1. The molecule has 1 amide bonds. The summed E-state index contributed by atoms with van der Waals surface area (Å²) in [5, 5.41) is 7.00. The van der Waals surface area contributed by atoms with E-state index in [0.29, 0.717) is 17.5 Å². The molecule has 1 heterocycles. The second kappa shape index (κ2) is 6.17. The summed E-state index contributed by atoms with van der Waals surface area (Å²) in [4.78, 5) is 16.6. The van der Waals surface area contributed by atoms with Gasteiger partial charge in [-0.2, -0.15) is 4.98 Å². The highest BCUT2D eigenvalue weighted by molar-refractivity contribution is 5.80. The van der Waals surface area contributed by atoms with Crippen molar-refractivity contribution >= 4 is 5.91 Å². The molecular weight excluding hydrogens is 282 g/mol. The number of amides is 1. The number of aromatic nitrogens is 2. The van der Waals surface area contributed by atoms with Crippen LogP contribution in [0.2, 0.25) is 0 Å². The zero-order valence-electron chi connectivity index (χ0n) is 12.7. The molecule has 3 rings (SSSR count). The fraction of sp³-hybridized carbons (Fsp3) is 0.438. The van der Waals surface area contributed by atoms with Crippen molar-refractivity contribution in [2.75, 3.05) is 7.11 Å². The summed E-state index contributed by atoms with van der Waals surface area (Å²) < 4.78 is 10.5. The number of ether oxygens (including phenoxy) is 1. The van der Waals surface area contributed by atoms with E-state index in [9.17, 15) is 4.79 Å². The van der Waals surface area contributed by atoms with Crippen LogP contribution in [-0.4, -0.2) is 23.2 Å². The smallest absolute Gasteiger partial charge is 0.223 e. The van der Waals surface area contributed by atoms with Crippen LogP contribution in [0.5, 0.6) is 5.75 Å². The van der Waals surface area contributed by atoms with Crippen LogP contribution in [0, 0.1) is 12.8 Å². The minimum Gasteiger partial charge on any atom is -0.496 e. The monoisotopic (exact) mass is 301 g/mol. The molecule has 1 fully saturated rings. The molecule has 0 unspecified atom stereocenters. The highest BCUT2D eigenvalue weighted by Crippen LogP contribution is 2.31. The third-order valence-corrected chi connectivity index (χ3v) is 4.01. The van der Waals surface area contributed by atoms with E-state index < -0.39 is 6.04 Å². The molecule has 0 spiro atoms. The zero-order valence-corrected chi connectivity index (χ0v) is 12.7. The first-order valence-corrected chi connectivity index (χ1v) is 7.42. The minimum absolute atomic E-state index is 0.0320. The summed E-state index contributed by atoms with van der Waals surface area (Å²) in [7, 11) is 1.60. The van der Waals surface area contributed by atoms with E-state index in [1.807, 2.05) is 24.3 Å². The van der Waals surface area contributed by atoms with Crippen LogP contribution in [0.15, 0.2) is 28.8 Å². The number of methoxy groups -OCH3 is 1. The molecule has 1 saturated carbocycles. The fourth-order valence-corrected chi connectivity index (χ4v) is 2.55. The molecule has 22 heavy (non-hydrogen) atoms. The summed E-state index contributed by atoms with van der Waals surface area (Å²) in [5.41, 5.74) is 0.818. The Kier molecular flexibility index (Phi) is 4.09. The van der Waals surface area contributed by atoms with Crippen molar-refractivity contribution in [2.45, 2.75) is 32.2 Å². The molecule has 0 saturated heterocycles. The van der Waals surface area contributed by atoms with E-state index in [0.717, 1.165) is 24.8 Å². The molecule has 1 N–H and O–H groups in total. The standard InChI is InChI=1S/C16H19N3O3/c1-10-17-15(19-22-10)14(18-16(20)11-6-5-7-11)12-8-3-4-9-13(12)21-2/h3-4,8-9,11,14H,5-7H2,1-2H3,(H,18,20)/t14-/m1/s1. The zero-order chi connectivity index (χ0) is 15.5. The normalized spacial score (nSPS) is 15.9. The van der Waals surface area contributed by atoms with Gasteiger partial charge in [0.2, 0.25) is 11.8 Å². The van der Waals surface area contributed by atoms with E-state index in [2.05, 4.69) is 15.5 Å². The summed E-state index contributed by atoms with van der Waals surface area (Å²) in [5.74, 6) is 1.71. The van der Waals surface area contributed by atoms with Crippen molar-refractivity contribution in [3.63, 3.8) is 0 Å². The average Bonchev–Trinajstić information content (AvgIpc) is 2.89. The Morgan fingerprint density at radius 1 is 1.41 bits per heavy atom. The number of para-hydroxylation sites is 1. The number of benzene rings is 1. The second-order valence-electron chi connectivity index (χ2n) is 5.48. The van der Waals surface area contributed by atoms with Gasteiger partial charge in [-0.25, -0.2) is 0 Å². The first-order chi connectivity index (χ1) is 10.7. The lowest BCUT2D eigenvalue weighted by Gasteiger charge is -2.27. The summed E-state index contributed by atoms with van der Waals surface area (Å²) >= 11 is 0. The highest BCUT2D eigenvalue weighted by Gasteiger charge is 2.30. The molecule has 1 aromatic carbocycles. The van der Waals surface area contributed by atoms with Gasteiger partial charge in [-0.05, 0) is 18.9 Å². The molecule has 1 aromatic heterocycles. The Balaban J connectivity index is 1.93. The van der Waals surface area contributed by atoms with Gasteiger partial charge in [0, 0.05) is 18.4 Å². The SMILES string of the molecule is COc1ccccc1[C@@H](NC(=O)C1CCC1)c1noc(C)n1. The van der Waals surface area contributed by atoms with Crippen molar-refractivity contribution in [3.05, 3.63) is 41.5 Å². The Bertz CT molecular complexity index is 664. The second-order valence-corrected chi connectivity index (χ2v) is 5.48. The predicted molar refractivity (Wildman–Crippen MR) is 79.4 cm³/mol. The van der Waals surface area contributed by atoms with Crippen molar-refractivity contribution < 1.29 is 14.1 Å². The molecule has 1 aliphatic carbocycles. The van der Waals surface area contributed by atoms with Crippen LogP contribution in [0.3, 0.4) is 0 Å². The maximum Gasteiger partial charge on any atom is 0.223 e. The fourth-order valence-electron chi connectivity index (χ4n) is 2.55. The van der Waals surface area contributed by atoms with Gasteiger partial charge in [-0.3, -0.25) is 4.79 Å². The Morgan fingerprint density at radius 3 is 2.77 bits per heavy atom. The maximum absolute atomic E-state index is 12.4. The van der Waals surface area contributed by atoms with Crippen LogP contribution in [0.1, 0.15) is 42.6 Å². The molecule has 2 aromatic rings. The lowest BCUT2D eigenvalue weighted by atomic mass is 9.84. The maximum atomic E-state index is 12.4. The lowest BCUT2D eigenvalue weighted by Crippen LogP contribution is -2.37. The van der Waals surface area contributed by atoms with Gasteiger partial charge in [-0.1, -0.05) is 29.8 Å². The summed E-state index contributed by atoms with van der Waals surface area (Å²) in [6.07, 6.45) is 2.99. The van der Waals surface area contributed by atoms with Gasteiger partial charge < -0.3 is 14.6 Å². The van der Waals surface area contributed by atoms with Crippen molar-refractivity contribution in [2.24, 2.45) is 5.92 Å². The number of rotatable bonds is 5. The Hall–Kier alpha value is -2.37. The van der Waals surface area contributed by atoms with Crippen molar-refractivity contribution in [1.82, 2.24) is 15.5 Å². The molecule has 0 radical (unpaired) electrons. The number of nitrogens with one attached hydrogen (secondary N) is 1. The van der Waals surface area contributed by atoms with E-state index >= 15 is 0 Å². The Morgan fingerprint density at radius 2 is 2.18 bits per heavy atom. The molecule has 0 bridgehead atoms. The van der Waals surface area contributed by atoms with Gasteiger partial charge >= 0.3 is 0 Å².